The minimum Gasteiger partial charge on any atom is -0.489 e. The van der Waals surface area contributed by atoms with Gasteiger partial charge in [-0.25, -0.2) is 27.2 Å². The summed E-state index contributed by atoms with van der Waals surface area (Å²) in [5.74, 6) is 0.201. The third kappa shape index (κ3) is 7.14. The van der Waals surface area contributed by atoms with E-state index in [4.69, 9.17) is 9.47 Å². The minimum absolute atomic E-state index is 0.0273. The zero-order valence-electron chi connectivity index (χ0n) is 23.6. The van der Waals surface area contributed by atoms with E-state index in [1.54, 1.807) is 38.1 Å². The monoisotopic (exact) mass is 672 g/mol. The average Bonchev–Trinajstić information content (AvgIpc) is 3.44. The smallest absolute Gasteiger partial charge is 0.153 e. The van der Waals surface area contributed by atoms with Crippen LogP contribution in [-0.4, -0.2) is 42.5 Å². The number of rotatable bonds is 12. The Morgan fingerprint density at radius 3 is 2.67 bits per heavy atom. The van der Waals surface area contributed by atoms with Crippen LogP contribution in [0, 0.1) is 11.6 Å². The molecule has 2 heterocycles. The van der Waals surface area contributed by atoms with Crippen LogP contribution < -0.4 is 15.4 Å². The highest BCUT2D eigenvalue weighted by Gasteiger charge is 2.38. The molecule has 3 aromatic carbocycles. The summed E-state index contributed by atoms with van der Waals surface area (Å²) in [6.45, 7) is 3.92. The van der Waals surface area contributed by atoms with Crippen molar-refractivity contribution < 1.29 is 26.7 Å². The number of ether oxygens (including phenoxy) is 2. The van der Waals surface area contributed by atoms with Crippen LogP contribution in [0.3, 0.4) is 0 Å². The Hall–Kier alpha value is -3.61. The average molecular weight is 674 g/mol. The minimum atomic E-state index is -3.22. The molecular weight excluding hydrogens is 642 g/mol. The second-order valence-corrected chi connectivity index (χ2v) is 14.1. The number of nitrogens with zero attached hydrogens (tertiary/aromatic N) is 2. The van der Waals surface area contributed by atoms with E-state index in [1.165, 1.54) is 30.8 Å². The normalized spacial score (nSPS) is 16.5. The van der Waals surface area contributed by atoms with E-state index in [2.05, 4.69) is 36.5 Å². The molecule has 226 valence electrons. The van der Waals surface area contributed by atoms with Crippen LogP contribution in [0.5, 0.6) is 5.75 Å². The Balaban J connectivity index is 1.36. The molecule has 5 rings (SSSR count). The number of aromatic nitrogens is 2. The Labute approximate surface area is 257 Å². The largest absolute Gasteiger partial charge is 0.489 e. The van der Waals surface area contributed by atoms with Crippen LogP contribution in [-0.2, 0) is 26.8 Å². The van der Waals surface area contributed by atoms with Gasteiger partial charge in [-0.2, -0.15) is 0 Å². The number of anilines is 2. The predicted octanol–water partition coefficient (Wildman–Crippen LogP) is 6.54. The molecule has 0 saturated carbocycles. The number of hydrogen-bond acceptors (Lipinski definition) is 8. The molecule has 0 saturated heterocycles. The third-order valence-electron chi connectivity index (χ3n) is 7.22. The molecule has 1 aliphatic heterocycles. The maximum absolute atomic E-state index is 15.5. The molecule has 12 heteroatoms. The third-order valence-corrected chi connectivity index (χ3v) is 10.1. The van der Waals surface area contributed by atoms with Gasteiger partial charge in [0.25, 0.3) is 0 Å². The summed E-state index contributed by atoms with van der Waals surface area (Å²) >= 11 is 3.53. The summed E-state index contributed by atoms with van der Waals surface area (Å²) in [4.78, 5) is 8.67. The molecule has 2 N–H and O–H groups in total. The van der Waals surface area contributed by atoms with Gasteiger partial charge in [-0.1, -0.05) is 12.1 Å². The maximum Gasteiger partial charge on any atom is 0.153 e. The fourth-order valence-electron chi connectivity index (χ4n) is 4.73. The first-order valence-electron chi connectivity index (χ1n) is 13.7. The lowest BCUT2D eigenvalue weighted by Crippen LogP contribution is -2.40. The zero-order chi connectivity index (χ0) is 30.6. The van der Waals surface area contributed by atoms with E-state index in [9.17, 15) is 12.8 Å². The van der Waals surface area contributed by atoms with Crippen molar-refractivity contribution in [2.75, 3.05) is 24.2 Å². The molecule has 1 aliphatic rings. The second kappa shape index (κ2) is 12.9. The lowest BCUT2D eigenvalue weighted by atomic mass is 9.89. The van der Waals surface area contributed by atoms with Crippen molar-refractivity contribution in [2.24, 2.45) is 0 Å². The van der Waals surface area contributed by atoms with Gasteiger partial charge in [-0.3, -0.25) is 0 Å². The van der Waals surface area contributed by atoms with Gasteiger partial charge in [0.2, 0.25) is 0 Å². The van der Waals surface area contributed by atoms with E-state index < -0.39 is 26.5 Å². The van der Waals surface area contributed by atoms with Gasteiger partial charge >= 0.3 is 0 Å². The van der Waals surface area contributed by atoms with E-state index in [0.29, 0.717) is 50.2 Å². The number of fused-ring (bicyclic) bond motifs is 1. The molecule has 0 amide bonds. The molecule has 1 aromatic heterocycles. The first kappa shape index (κ1) is 30.8. The van der Waals surface area contributed by atoms with Crippen LogP contribution in [0.15, 0.2) is 77.7 Å². The number of nitrogens with one attached hydrogen (secondary N) is 2. The molecule has 0 bridgehead atoms. The van der Waals surface area contributed by atoms with Crippen molar-refractivity contribution in [2.45, 2.75) is 37.7 Å². The molecule has 0 aliphatic carbocycles. The van der Waals surface area contributed by atoms with Crippen LogP contribution in [0.1, 0.15) is 31.4 Å². The standard InChI is InChI=1S/C31H31BrF2N4O4S/c1-20(2)43(39,40)12-10-35-18-31(9-4-11-42-31)25-15-24-28(16-27(25)34)36-19-37-30(24)38-23-7-8-29(26(32)14-23)41-17-21-5-3-6-22(33)13-21/h3-8,11,13-16,19-20,35H,9-10,12,17-18H2,1-2H3,(H,36,37,38). The lowest BCUT2D eigenvalue weighted by Gasteiger charge is -2.30. The summed E-state index contributed by atoms with van der Waals surface area (Å²) in [5, 5.41) is 6.54. The topological polar surface area (TPSA) is 102 Å². The van der Waals surface area contributed by atoms with E-state index in [1.807, 2.05) is 18.2 Å². The molecule has 0 radical (unpaired) electrons. The van der Waals surface area contributed by atoms with Crippen molar-refractivity contribution in [3.05, 3.63) is 100 Å². The quantitative estimate of drug-likeness (QED) is 0.164. The summed E-state index contributed by atoms with van der Waals surface area (Å²) in [6.07, 6.45) is 5.10. The van der Waals surface area contributed by atoms with E-state index >= 15 is 4.39 Å². The molecule has 1 atom stereocenters. The molecule has 0 spiro atoms. The van der Waals surface area contributed by atoms with E-state index in [-0.39, 0.29) is 31.3 Å². The number of halogens is 3. The zero-order valence-corrected chi connectivity index (χ0v) is 26.0. The molecular formula is C31H31BrF2N4O4S. The summed E-state index contributed by atoms with van der Waals surface area (Å²) in [7, 11) is -3.22. The summed E-state index contributed by atoms with van der Waals surface area (Å²) in [6, 6.07) is 14.7. The summed E-state index contributed by atoms with van der Waals surface area (Å²) < 4.78 is 66.0. The van der Waals surface area contributed by atoms with Gasteiger partial charge in [0.05, 0.1) is 27.3 Å². The van der Waals surface area contributed by atoms with Crippen LogP contribution >= 0.6 is 15.9 Å². The van der Waals surface area contributed by atoms with Crippen LogP contribution in [0.2, 0.25) is 0 Å². The molecule has 8 nitrogen and oxygen atoms in total. The fourth-order valence-corrected chi connectivity index (χ4v) is 6.13. The first-order chi connectivity index (χ1) is 20.6. The van der Waals surface area contributed by atoms with Crippen molar-refractivity contribution in [1.82, 2.24) is 15.3 Å². The maximum atomic E-state index is 15.5. The number of benzene rings is 3. The van der Waals surface area contributed by atoms with Crippen LogP contribution in [0.4, 0.5) is 20.3 Å². The fraction of sp³-hybridized carbons (Fsp3) is 0.290. The van der Waals surface area contributed by atoms with Gasteiger partial charge in [0.15, 0.2) is 15.4 Å². The number of sulfone groups is 1. The van der Waals surface area contributed by atoms with Crippen molar-refractivity contribution >= 4 is 48.2 Å². The molecule has 0 fully saturated rings. The van der Waals surface area contributed by atoms with Crippen LogP contribution in [0.25, 0.3) is 10.9 Å². The van der Waals surface area contributed by atoms with Gasteiger partial charge in [-0.05, 0) is 77.8 Å². The Bertz CT molecular complexity index is 1760. The van der Waals surface area contributed by atoms with Gasteiger partial charge in [0.1, 0.15) is 36.1 Å². The summed E-state index contributed by atoms with van der Waals surface area (Å²) in [5.41, 5.74) is 1.06. The first-order valence-corrected chi connectivity index (χ1v) is 16.2. The van der Waals surface area contributed by atoms with Crippen molar-refractivity contribution in [3.63, 3.8) is 0 Å². The second-order valence-electron chi connectivity index (χ2n) is 10.5. The Morgan fingerprint density at radius 2 is 1.95 bits per heavy atom. The van der Waals surface area contributed by atoms with Gasteiger partial charge < -0.3 is 20.1 Å². The van der Waals surface area contributed by atoms with Gasteiger partial charge in [-0.15, -0.1) is 0 Å². The van der Waals surface area contributed by atoms with Gasteiger partial charge in [0, 0.05) is 42.2 Å². The number of hydrogen-bond donors (Lipinski definition) is 2. The highest BCUT2D eigenvalue weighted by atomic mass is 79.9. The lowest BCUT2D eigenvalue weighted by molar-refractivity contribution is 0.0385. The van der Waals surface area contributed by atoms with Crippen molar-refractivity contribution in [3.8, 4) is 5.75 Å². The Kier molecular flexibility index (Phi) is 9.28. The highest BCUT2D eigenvalue weighted by Crippen LogP contribution is 2.39. The Morgan fingerprint density at radius 1 is 1.12 bits per heavy atom. The molecule has 1 unspecified atom stereocenters. The predicted molar refractivity (Wildman–Crippen MR) is 166 cm³/mol. The van der Waals surface area contributed by atoms with Crippen molar-refractivity contribution in [1.29, 1.82) is 0 Å². The molecule has 43 heavy (non-hydrogen) atoms. The highest BCUT2D eigenvalue weighted by molar-refractivity contribution is 9.10. The molecule has 4 aromatic rings. The van der Waals surface area contributed by atoms with E-state index in [0.717, 1.165) is 0 Å². The SMILES string of the molecule is CC(C)S(=O)(=O)CCNCC1(c2cc3c(Nc4ccc(OCc5cccc(F)c5)c(Br)c4)ncnc3cc2F)CC=CO1.